The molecule has 2 nitrogen and oxygen atoms in total. The molecule has 0 bridgehead atoms. The SMILES string of the molecule is O=C1NCCCC1Cc1ccc(Cl)c(Cl)c1. The zero-order valence-corrected chi connectivity index (χ0v) is 10.3. The highest BCUT2D eigenvalue weighted by molar-refractivity contribution is 6.42. The predicted octanol–water partition coefficient (Wildman–Crippen LogP) is 3.06. The van der Waals surface area contributed by atoms with Gasteiger partial charge in [-0.1, -0.05) is 29.3 Å². The van der Waals surface area contributed by atoms with E-state index in [0.29, 0.717) is 10.0 Å². The van der Waals surface area contributed by atoms with Crippen molar-refractivity contribution in [3.63, 3.8) is 0 Å². The molecule has 1 amide bonds. The molecule has 0 spiro atoms. The van der Waals surface area contributed by atoms with E-state index in [9.17, 15) is 4.79 Å². The summed E-state index contributed by atoms with van der Waals surface area (Å²) in [4.78, 5) is 11.6. The van der Waals surface area contributed by atoms with Crippen molar-refractivity contribution in [2.45, 2.75) is 19.3 Å². The second-order valence-electron chi connectivity index (χ2n) is 4.08. The number of carbonyl (C=O) groups excluding carboxylic acids is 1. The molecular weight excluding hydrogens is 245 g/mol. The molecule has 1 unspecified atom stereocenters. The Morgan fingerprint density at radius 1 is 1.31 bits per heavy atom. The van der Waals surface area contributed by atoms with Crippen LogP contribution in [0.3, 0.4) is 0 Å². The molecule has 16 heavy (non-hydrogen) atoms. The van der Waals surface area contributed by atoms with Crippen LogP contribution >= 0.6 is 23.2 Å². The van der Waals surface area contributed by atoms with Gasteiger partial charge in [-0.2, -0.15) is 0 Å². The van der Waals surface area contributed by atoms with Crippen molar-refractivity contribution in [3.8, 4) is 0 Å². The molecule has 1 aromatic rings. The summed E-state index contributed by atoms with van der Waals surface area (Å²) in [5.74, 6) is 0.225. The summed E-state index contributed by atoms with van der Waals surface area (Å²) in [6.07, 6.45) is 2.74. The topological polar surface area (TPSA) is 29.1 Å². The van der Waals surface area contributed by atoms with E-state index in [-0.39, 0.29) is 11.8 Å². The molecule has 1 N–H and O–H groups in total. The third-order valence-corrected chi connectivity index (χ3v) is 3.60. The first-order valence-corrected chi connectivity index (χ1v) is 6.14. The van der Waals surface area contributed by atoms with Crippen LogP contribution in [0, 0.1) is 5.92 Å². The second-order valence-corrected chi connectivity index (χ2v) is 4.90. The van der Waals surface area contributed by atoms with Gasteiger partial charge in [-0.25, -0.2) is 0 Å². The molecule has 2 rings (SSSR count). The van der Waals surface area contributed by atoms with Gasteiger partial charge in [-0.05, 0) is 37.0 Å². The van der Waals surface area contributed by atoms with Gasteiger partial charge in [0.25, 0.3) is 0 Å². The van der Waals surface area contributed by atoms with E-state index in [1.165, 1.54) is 0 Å². The number of rotatable bonds is 2. The lowest BCUT2D eigenvalue weighted by molar-refractivity contribution is -0.126. The molecule has 0 radical (unpaired) electrons. The molecule has 1 fully saturated rings. The molecule has 0 aliphatic carbocycles. The third-order valence-electron chi connectivity index (χ3n) is 2.87. The van der Waals surface area contributed by atoms with Crippen molar-refractivity contribution in [1.29, 1.82) is 0 Å². The minimum absolute atomic E-state index is 0.0750. The van der Waals surface area contributed by atoms with E-state index >= 15 is 0 Å². The lowest BCUT2D eigenvalue weighted by Crippen LogP contribution is -2.37. The van der Waals surface area contributed by atoms with Crippen LogP contribution in [0.5, 0.6) is 0 Å². The first-order chi connectivity index (χ1) is 7.66. The summed E-state index contributed by atoms with van der Waals surface area (Å²) in [6.45, 7) is 0.802. The van der Waals surface area contributed by atoms with Gasteiger partial charge in [0.2, 0.25) is 5.91 Å². The van der Waals surface area contributed by atoms with Gasteiger partial charge in [0, 0.05) is 12.5 Å². The van der Waals surface area contributed by atoms with Crippen molar-refractivity contribution >= 4 is 29.1 Å². The van der Waals surface area contributed by atoms with Gasteiger partial charge >= 0.3 is 0 Å². The summed E-state index contributed by atoms with van der Waals surface area (Å²) < 4.78 is 0. The Hall–Kier alpha value is -0.730. The number of carbonyl (C=O) groups is 1. The number of hydrogen-bond acceptors (Lipinski definition) is 1. The van der Waals surface area contributed by atoms with Crippen LogP contribution in [0.2, 0.25) is 10.0 Å². The van der Waals surface area contributed by atoms with Crippen LogP contribution in [0.25, 0.3) is 0 Å². The molecule has 0 saturated carbocycles. The summed E-state index contributed by atoms with van der Waals surface area (Å²) in [5.41, 5.74) is 1.07. The van der Waals surface area contributed by atoms with Crippen LogP contribution in [0.15, 0.2) is 18.2 Å². The maximum atomic E-state index is 11.6. The van der Waals surface area contributed by atoms with Gasteiger partial charge in [0.15, 0.2) is 0 Å². The van der Waals surface area contributed by atoms with Crippen LogP contribution in [-0.4, -0.2) is 12.5 Å². The number of halogens is 2. The Labute approximate surface area is 105 Å². The average Bonchev–Trinajstić information content (AvgIpc) is 2.27. The molecule has 0 aromatic heterocycles. The first-order valence-electron chi connectivity index (χ1n) is 5.38. The smallest absolute Gasteiger partial charge is 0.223 e. The van der Waals surface area contributed by atoms with E-state index in [4.69, 9.17) is 23.2 Å². The van der Waals surface area contributed by atoms with Gasteiger partial charge in [0.05, 0.1) is 10.0 Å². The largest absolute Gasteiger partial charge is 0.356 e. The number of piperidine rings is 1. The normalized spacial score (nSPS) is 20.6. The van der Waals surface area contributed by atoms with Crippen LogP contribution < -0.4 is 5.32 Å². The average molecular weight is 258 g/mol. The zero-order valence-electron chi connectivity index (χ0n) is 8.80. The van der Waals surface area contributed by atoms with E-state index in [1.54, 1.807) is 6.07 Å². The number of amides is 1. The predicted molar refractivity (Wildman–Crippen MR) is 65.9 cm³/mol. The summed E-state index contributed by atoms with van der Waals surface area (Å²) in [7, 11) is 0. The zero-order chi connectivity index (χ0) is 11.5. The van der Waals surface area contributed by atoms with Gasteiger partial charge in [0.1, 0.15) is 0 Å². The molecule has 4 heteroatoms. The highest BCUT2D eigenvalue weighted by atomic mass is 35.5. The van der Waals surface area contributed by atoms with Gasteiger partial charge < -0.3 is 5.32 Å². The molecule has 1 aromatic carbocycles. The fraction of sp³-hybridized carbons (Fsp3) is 0.417. The highest BCUT2D eigenvalue weighted by Gasteiger charge is 2.22. The Morgan fingerprint density at radius 2 is 2.12 bits per heavy atom. The quantitative estimate of drug-likeness (QED) is 0.867. The molecule has 1 atom stereocenters. The third kappa shape index (κ3) is 2.69. The van der Waals surface area contributed by atoms with Crippen LogP contribution in [0.1, 0.15) is 18.4 Å². The summed E-state index contributed by atoms with van der Waals surface area (Å²) >= 11 is 11.8. The Bertz CT molecular complexity index is 406. The van der Waals surface area contributed by atoms with Crippen molar-refractivity contribution in [2.75, 3.05) is 6.54 Å². The lowest BCUT2D eigenvalue weighted by Gasteiger charge is -2.21. The maximum Gasteiger partial charge on any atom is 0.223 e. The summed E-state index contributed by atoms with van der Waals surface area (Å²) in [5, 5.41) is 3.99. The Morgan fingerprint density at radius 3 is 2.81 bits per heavy atom. The van der Waals surface area contributed by atoms with Crippen LogP contribution in [0.4, 0.5) is 0 Å². The fourth-order valence-corrected chi connectivity index (χ4v) is 2.30. The van der Waals surface area contributed by atoms with Crippen molar-refractivity contribution in [3.05, 3.63) is 33.8 Å². The standard InChI is InChI=1S/C12H13Cl2NO/c13-10-4-3-8(7-11(10)14)6-9-2-1-5-15-12(9)16/h3-4,7,9H,1-2,5-6H2,(H,15,16). The van der Waals surface area contributed by atoms with Gasteiger partial charge in [-0.3, -0.25) is 4.79 Å². The Kier molecular flexibility index (Phi) is 3.72. The van der Waals surface area contributed by atoms with Crippen molar-refractivity contribution < 1.29 is 4.79 Å². The van der Waals surface area contributed by atoms with Crippen molar-refractivity contribution in [1.82, 2.24) is 5.32 Å². The second kappa shape index (κ2) is 5.07. The van der Waals surface area contributed by atoms with E-state index < -0.39 is 0 Å². The Balaban J connectivity index is 2.08. The molecule has 1 saturated heterocycles. The van der Waals surface area contributed by atoms with E-state index in [1.807, 2.05) is 12.1 Å². The minimum Gasteiger partial charge on any atom is -0.356 e. The maximum absolute atomic E-state index is 11.6. The highest BCUT2D eigenvalue weighted by Crippen LogP contribution is 2.25. The molecule has 86 valence electrons. The number of hydrogen-bond donors (Lipinski definition) is 1. The van der Waals surface area contributed by atoms with E-state index in [2.05, 4.69) is 5.32 Å². The minimum atomic E-state index is 0.0750. The molecule has 1 heterocycles. The fourth-order valence-electron chi connectivity index (χ4n) is 1.98. The van der Waals surface area contributed by atoms with E-state index in [0.717, 1.165) is 31.4 Å². The first kappa shape index (κ1) is 11.7. The van der Waals surface area contributed by atoms with Gasteiger partial charge in [-0.15, -0.1) is 0 Å². The van der Waals surface area contributed by atoms with Crippen LogP contribution in [-0.2, 0) is 11.2 Å². The van der Waals surface area contributed by atoms with Crippen molar-refractivity contribution in [2.24, 2.45) is 5.92 Å². The molecule has 1 aliphatic heterocycles. The monoisotopic (exact) mass is 257 g/mol. The number of benzene rings is 1. The molecule has 1 aliphatic rings. The summed E-state index contributed by atoms with van der Waals surface area (Å²) in [6, 6.07) is 5.54. The lowest BCUT2D eigenvalue weighted by atomic mass is 9.92. The number of nitrogens with one attached hydrogen (secondary N) is 1. The molecular formula is C12H13Cl2NO.